The van der Waals surface area contributed by atoms with Crippen molar-refractivity contribution in [2.75, 3.05) is 0 Å². The topological polar surface area (TPSA) is 49.3 Å². The number of hydrogen-bond donors (Lipinski definition) is 2. The lowest BCUT2D eigenvalue weighted by molar-refractivity contribution is -0.143. The summed E-state index contributed by atoms with van der Waals surface area (Å²) in [5.41, 5.74) is 0. The van der Waals surface area contributed by atoms with Crippen molar-refractivity contribution >= 4 is 5.97 Å². The summed E-state index contributed by atoms with van der Waals surface area (Å²) >= 11 is 0. The molecule has 18 heavy (non-hydrogen) atoms. The molecule has 2 saturated carbocycles. The normalized spacial score (nSPS) is 32.1. The van der Waals surface area contributed by atoms with Crippen LogP contribution in [0.5, 0.6) is 0 Å². The number of nitrogens with one attached hydrogen (secondary N) is 1. The molecule has 3 heteroatoms. The maximum Gasteiger partial charge on any atom is 0.306 e. The first-order valence-corrected chi connectivity index (χ1v) is 7.65. The van der Waals surface area contributed by atoms with Crippen molar-refractivity contribution in [1.29, 1.82) is 0 Å². The van der Waals surface area contributed by atoms with Crippen LogP contribution in [0.2, 0.25) is 0 Å². The Morgan fingerprint density at radius 1 is 1.11 bits per heavy atom. The number of carboxylic acid groups (broad SMARTS) is 1. The molecule has 0 amide bonds. The van der Waals surface area contributed by atoms with Crippen LogP contribution in [0.15, 0.2) is 0 Å². The van der Waals surface area contributed by atoms with E-state index in [1.54, 1.807) is 0 Å². The fourth-order valence-corrected chi connectivity index (χ4v) is 3.71. The molecule has 0 aromatic carbocycles. The van der Waals surface area contributed by atoms with E-state index in [2.05, 4.69) is 12.2 Å². The Bertz CT molecular complexity index is 274. The molecule has 2 N–H and O–H groups in total. The third kappa shape index (κ3) is 3.71. The lowest BCUT2D eigenvalue weighted by Crippen LogP contribution is -2.44. The molecule has 2 fully saturated rings. The Kier molecular flexibility index (Phi) is 5.04. The second-order valence-corrected chi connectivity index (χ2v) is 6.25. The van der Waals surface area contributed by atoms with Crippen molar-refractivity contribution in [3.63, 3.8) is 0 Å². The highest BCUT2D eigenvalue weighted by atomic mass is 16.4. The number of carboxylic acids is 1. The van der Waals surface area contributed by atoms with E-state index < -0.39 is 5.97 Å². The van der Waals surface area contributed by atoms with Gasteiger partial charge in [-0.05, 0) is 44.9 Å². The minimum absolute atomic E-state index is 0.116. The van der Waals surface area contributed by atoms with E-state index in [4.69, 9.17) is 5.11 Å². The molecule has 3 atom stereocenters. The third-order valence-corrected chi connectivity index (χ3v) is 4.88. The summed E-state index contributed by atoms with van der Waals surface area (Å²) in [6, 6.07) is 0.986. The van der Waals surface area contributed by atoms with Gasteiger partial charge in [0.05, 0.1) is 5.92 Å². The Hall–Kier alpha value is -0.570. The van der Waals surface area contributed by atoms with Gasteiger partial charge in [-0.15, -0.1) is 0 Å². The molecule has 3 nitrogen and oxygen atoms in total. The van der Waals surface area contributed by atoms with Crippen LogP contribution in [0.3, 0.4) is 0 Å². The predicted molar refractivity (Wildman–Crippen MR) is 72.6 cm³/mol. The van der Waals surface area contributed by atoms with E-state index in [1.165, 1.54) is 32.1 Å². The zero-order valence-corrected chi connectivity index (χ0v) is 11.5. The van der Waals surface area contributed by atoms with Gasteiger partial charge in [0.25, 0.3) is 0 Å². The fourth-order valence-electron chi connectivity index (χ4n) is 3.71. The van der Waals surface area contributed by atoms with E-state index in [9.17, 15) is 4.79 Å². The third-order valence-electron chi connectivity index (χ3n) is 4.88. The quantitative estimate of drug-likeness (QED) is 0.809. The molecule has 104 valence electrons. The van der Waals surface area contributed by atoms with Crippen molar-refractivity contribution in [3.8, 4) is 0 Å². The van der Waals surface area contributed by atoms with Crippen LogP contribution in [0, 0.1) is 11.8 Å². The van der Waals surface area contributed by atoms with E-state index in [0.29, 0.717) is 12.1 Å². The van der Waals surface area contributed by atoms with Crippen LogP contribution in [0.1, 0.15) is 64.7 Å². The van der Waals surface area contributed by atoms with E-state index in [0.717, 1.165) is 31.6 Å². The Balaban J connectivity index is 1.79. The van der Waals surface area contributed by atoms with Crippen LogP contribution < -0.4 is 5.32 Å². The molecule has 0 spiro atoms. The molecule has 0 bridgehead atoms. The van der Waals surface area contributed by atoms with E-state index >= 15 is 0 Å². The maximum atomic E-state index is 11.1. The van der Waals surface area contributed by atoms with Crippen molar-refractivity contribution in [3.05, 3.63) is 0 Å². The summed E-state index contributed by atoms with van der Waals surface area (Å²) in [6.45, 7) is 2.29. The van der Waals surface area contributed by atoms with Gasteiger partial charge in [-0.25, -0.2) is 0 Å². The van der Waals surface area contributed by atoms with Gasteiger partial charge in [-0.1, -0.05) is 25.7 Å². The van der Waals surface area contributed by atoms with Gasteiger partial charge in [-0.3, -0.25) is 4.79 Å². The van der Waals surface area contributed by atoms with Gasteiger partial charge >= 0.3 is 5.97 Å². The molecule has 0 heterocycles. The van der Waals surface area contributed by atoms with Crippen molar-refractivity contribution in [1.82, 2.24) is 5.32 Å². The minimum atomic E-state index is -0.605. The summed E-state index contributed by atoms with van der Waals surface area (Å²) in [5.74, 6) is 0.0885. The SMILES string of the molecule is C[C@@H](NC1CCCC(C(=O)O)C1)C1CCCCC1. The van der Waals surface area contributed by atoms with E-state index in [-0.39, 0.29) is 5.92 Å². The first kappa shape index (κ1) is 13.9. The van der Waals surface area contributed by atoms with Crippen LogP contribution in [-0.2, 0) is 4.79 Å². The molecular weight excluding hydrogens is 226 g/mol. The minimum Gasteiger partial charge on any atom is -0.481 e. The zero-order chi connectivity index (χ0) is 13.0. The highest BCUT2D eigenvalue weighted by Crippen LogP contribution is 2.29. The van der Waals surface area contributed by atoms with Crippen LogP contribution >= 0.6 is 0 Å². The van der Waals surface area contributed by atoms with E-state index in [1.807, 2.05) is 0 Å². The van der Waals surface area contributed by atoms with Gasteiger partial charge in [-0.2, -0.15) is 0 Å². The van der Waals surface area contributed by atoms with Crippen molar-refractivity contribution in [2.45, 2.75) is 76.8 Å². The number of carbonyl (C=O) groups is 1. The molecule has 2 aliphatic rings. The van der Waals surface area contributed by atoms with Gasteiger partial charge in [0.2, 0.25) is 0 Å². The molecule has 2 unspecified atom stereocenters. The largest absolute Gasteiger partial charge is 0.481 e. The average molecular weight is 253 g/mol. The monoisotopic (exact) mass is 253 g/mol. The molecule has 2 aliphatic carbocycles. The number of rotatable bonds is 4. The van der Waals surface area contributed by atoms with Gasteiger partial charge in [0.1, 0.15) is 0 Å². The summed E-state index contributed by atoms with van der Waals surface area (Å²) in [7, 11) is 0. The highest BCUT2D eigenvalue weighted by Gasteiger charge is 2.29. The van der Waals surface area contributed by atoms with Crippen molar-refractivity contribution < 1.29 is 9.90 Å². The summed E-state index contributed by atoms with van der Waals surface area (Å²) in [4.78, 5) is 11.1. The number of hydrogen-bond acceptors (Lipinski definition) is 2. The lowest BCUT2D eigenvalue weighted by Gasteiger charge is -2.34. The number of aliphatic carboxylic acids is 1. The average Bonchev–Trinajstić information content (AvgIpc) is 2.40. The lowest BCUT2D eigenvalue weighted by atomic mass is 9.82. The second kappa shape index (κ2) is 6.55. The molecule has 2 rings (SSSR count). The highest BCUT2D eigenvalue weighted by molar-refractivity contribution is 5.70. The van der Waals surface area contributed by atoms with Gasteiger partial charge in [0, 0.05) is 12.1 Å². The Labute approximate surface area is 110 Å². The van der Waals surface area contributed by atoms with Crippen LogP contribution in [0.25, 0.3) is 0 Å². The predicted octanol–water partition coefficient (Wildman–Crippen LogP) is 3.19. The van der Waals surface area contributed by atoms with Crippen LogP contribution in [0.4, 0.5) is 0 Å². The molecular formula is C15H27NO2. The summed E-state index contributed by atoms with van der Waals surface area (Å²) < 4.78 is 0. The standard InChI is InChI=1S/C15H27NO2/c1-11(12-6-3-2-4-7-12)16-14-9-5-8-13(10-14)15(17)18/h11-14,16H,2-10H2,1H3,(H,17,18)/t11-,13?,14?/m1/s1. The summed E-state index contributed by atoms with van der Waals surface area (Å²) in [6.07, 6.45) is 10.8. The Morgan fingerprint density at radius 2 is 1.83 bits per heavy atom. The van der Waals surface area contributed by atoms with Crippen molar-refractivity contribution in [2.24, 2.45) is 11.8 Å². The maximum absolute atomic E-state index is 11.1. The molecule has 0 aliphatic heterocycles. The molecule has 0 aromatic heterocycles. The summed E-state index contributed by atoms with van der Waals surface area (Å²) in [5, 5.41) is 12.8. The smallest absolute Gasteiger partial charge is 0.306 e. The van der Waals surface area contributed by atoms with Gasteiger partial charge < -0.3 is 10.4 Å². The zero-order valence-electron chi connectivity index (χ0n) is 11.5. The molecule has 0 radical (unpaired) electrons. The second-order valence-electron chi connectivity index (χ2n) is 6.25. The molecule has 0 aromatic rings. The Morgan fingerprint density at radius 3 is 2.50 bits per heavy atom. The van der Waals surface area contributed by atoms with Crippen LogP contribution in [-0.4, -0.2) is 23.2 Å². The molecule has 0 saturated heterocycles. The first-order valence-electron chi connectivity index (χ1n) is 7.65. The fraction of sp³-hybridized carbons (Fsp3) is 0.933. The van der Waals surface area contributed by atoms with Gasteiger partial charge in [0.15, 0.2) is 0 Å². The first-order chi connectivity index (χ1) is 8.66.